The molecule has 21 heavy (non-hydrogen) atoms. The minimum atomic E-state index is -0.262. The summed E-state index contributed by atoms with van der Waals surface area (Å²) in [5.74, 6) is 0.828. The molecule has 0 saturated heterocycles. The van der Waals surface area contributed by atoms with Crippen LogP contribution in [-0.4, -0.2) is 12.9 Å². The molecule has 0 spiro atoms. The van der Waals surface area contributed by atoms with Crippen LogP contribution in [0.4, 0.5) is 4.39 Å². The van der Waals surface area contributed by atoms with Crippen LogP contribution in [0.25, 0.3) is 0 Å². The van der Waals surface area contributed by atoms with Crippen LogP contribution < -0.4 is 9.47 Å². The van der Waals surface area contributed by atoms with Crippen molar-refractivity contribution in [1.29, 1.82) is 0 Å². The first-order valence-electron chi connectivity index (χ1n) is 6.74. The van der Waals surface area contributed by atoms with E-state index in [2.05, 4.69) is 0 Å². The molecule has 0 N–H and O–H groups in total. The summed E-state index contributed by atoms with van der Waals surface area (Å²) >= 11 is 0. The molecule has 0 amide bonds. The summed E-state index contributed by atoms with van der Waals surface area (Å²) in [6, 6.07) is 9.59. The molecule has 0 bridgehead atoms. The van der Waals surface area contributed by atoms with Crippen molar-refractivity contribution >= 4 is 6.29 Å². The van der Waals surface area contributed by atoms with Crippen LogP contribution >= 0.6 is 0 Å². The zero-order chi connectivity index (χ0) is 15.2. The topological polar surface area (TPSA) is 35.5 Å². The number of hydrogen-bond acceptors (Lipinski definition) is 3. The normalized spacial score (nSPS) is 10.2. The van der Waals surface area contributed by atoms with Gasteiger partial charge in [-0.3, -0.25) is 4.79 Å². The Morgan fingerprint density at radius 3 is 2.57 bits per heavy atom. The first kappa shape index (κ1) is 15.0. The highest BCUT2D eigenvalue weighted by Crippen LogP contribution is 2.29. The molecule has 2 aromatic rings. The van der Waals surface area contributed by atoms with E-state index in [1.165, 1.54) is 12.1 Å². The van der Waals surface area contributed by atoms with Crippen LogP contribution in [0.1, 0.15) is 28.4 Å². The fourth-order valence-corrected chi connectivity index (χ4v) is 1.96. The second-order valence-corrected chi connectivity index (χ2v) is 4.62. The lowest BCUT2D eigenvalue weighted by Gasteiger charge is -2.13. The van der Waals surface area contributed by atoms with Crippen LogP contribution in [0, 0.1) is 12.7 Å². The fourth-order valence-electron chi connectivity index (χ4n) is 1.96. The van der Waals surface area contributed by atoms with Gasteiger partial charge in [0.25, 0.3) is 0 Å². The molecule has 2 aromatic carbocycles. The van der Waals surface area contributed by atoms with Gasteiger partial charge in [-0.15, -0.1) is 0 Å². The van der Waals surface area contributed by atoms with Gasteiger partial charge in [0.1, 0.15) is 18.7 Å². The van der Waals surface area contributed by atoms with E-state index in [4.69, 9.17) is 9.47 Å². The zero-order valence-corrected chi connectivity index (χ0v) is 12.1. The Morgan fingerprint density at radius 2 is 1.90 bits per heavy atom. The van der Waals surface area contributed by atoms with E-state index in [0.717, 1.165) is 17.4 Å². The van der Waals surface area contributed by atoms with E-state index in [1.807, 2.05) is 13.8 Å². The van der Waals surface area contributed by atoms with Gasteiger partial charge in [0, 0.05) is 5.56 Å². The SMILES string of the molecule is CCOc1cc(C=O)ccc1OCc1ccc(F)cc1C. The fraction of sp³-hybridized carbons (Fsp3) is 0.235. The van der Waals surface area contributed by atoms with Crippen LogP contribution in [0.15, 0.2) is 36.4 Å². The molecule has 0 radical (unpaired) electrons. The van der Waals surface area contributed by atoms with E-state index in [-0.39, 0.29) is 5.82 Å². The molecule has 0 saturated carbocycles. The Bertz CT molecular complexity index is 638. The lowest BCUT2D eigenvalue weighted by Crippen LogP contribution is -2.02. The molecule has 0 fully saturated rings. The molecule has 3 nitrogen and oxygen atoms in total. The standard InChI is InChI=1S/C17H17FO3/c1-3-20-17-9-13(10-19)4-7-16(17)21-11-14-5-6-15(18)8-12(14)2/h4-10H,3,11H2,1-2H3. The molecule has 0 atom stereocenters. The van der Waals surface area contributed by atoms with Gasteiger partial charge in [0.05, 0.1) is 6.61 Å². The van der Waals surface area contributed by atoms with Gasteiger partial charge in [-0.25, -0.2) is 4.39 Å². The highest BCUT2D eigenvalue weighted by atomic mass is 19.1. The maximum atomic E-state index is 13.1. The van der Waals surface area contributed by atoms with Gasteiger partial charge in [0.2, 0.25) is 0 Å². The number of aryl methyl sites for hydroxylation is 1. The number of benzene rings is 2. The van der Waals surface area contributed by atoms with Crippen LogP contribution in [-0.2, 0) is 6.61 Å². The molecule has 0 aliphatic rings. The van der Waals surface area contributed by atoms with Gasteiger partial charge < -0.3 is 9.47 Å². The van der Waals surface area contributed by atoms with E-state index in [0.29, 0.717) is 30.3 Å². The summed E-state index contributed by atoms with van der Waals surface area (Å²) in [7, 11) is 0. The minimum Gasteiger partial charge on any atom is -0.490 e. The second kappa shape index (κ2) is 6.88. The van der Waals surface area contributed by atoms with Crippen molar-refractivity contribution in [3.8, 4) is 11.5 Å². The molecule has 2 rings (SSSR count). The second-order valence-electron chi connectivity index (χ2n) is 4.62. The minimum absolute atomic E-state index is 0.262. The molecular formula is C17H17FO3. The number of carbonyl (C=O) groups excluding carboxylic acids is 1. The summed E-state index contributed by atoms with van der Waals surface area (Å²) in [6.07, 6.45) is 0.760. The number of hydrogen-bond donors (Lipinski definition) is 0. The van der Waals surface area contributed by atoms with Crippen LogP contribution in [0.5, 0.6) is 11.5 Å². The van der Waals surface area contributed by atoms with Gasteiger partial charge in [0.15, 0.2) is 11.5 Å². The largest absolute Gasteiger partial charge is 0.490 e. The van der Waals surface area contributed by atoms with Gasteiger partial charge in [-0.1, -0.05) is 6.07 Å². The molecule has 0 aliphatic heterocycles. The molecule has 0 aliphatic carbocycles. The lowest BCUT2D eigenvalue weighted by atomic mass is 10.1. The van der Waals surface area contributed by atoms with Crippen molar-refractivity contribution in [3.63, 3.8) is 0 Å². The van der Waals surface area contributed by atoms with Gasteiger partial charge >= 0.3 is 0 Å². The van der Waals surface area contributed by atoms with Crippen molar-refractivity contribution in [1.82, 2.24) is 0 Å². The van der Waals surface area contributed by atoms with E-state index < -0.39 is 0 Å². The summed E-state index contributed by atoms with van der Waals surface area (Å²) < 4.78 is 24.3. The van der Waals surface area contributed by atoms with Gasteiger partial charge in [-0.05, 0) is 55.3 Å². The molecule has 0 heterocycles. The van der Waals surface area contributed by atoms with Crippen molar-refractivity contribution in [2.24, 2.45) is 0 Å². The first-order valence-corrected chi connectivity index (χ1v) is 6.74. The van der Waals surface area contributed by atoms with Crippen molar-refractivity contribution in [2.75, 3.05) is 6.61 Å². The average Bonchev–Trinajstić information content (AvgIpc) is 2.47. The third kappa shape index (κ3) is 3.81. The van der Waals surface area contributed by atoms with E-state index in [9.17, 15) is 9.18 Å². The van der Waals surface area contributed by atoms with Crippen LogP contribution in [0.3, 0.4) is 0 Å². The molecule has 0 aromatic heterocycles. The third-order valence-electron chi connectivity index (χ3n) is 3.09. The van der Waals surface area contributed by atoms with Gasteiger partial charge in [-0.2, -0.15) is 0 Å². The first-order chi connectivity index (χ1) is 10.1. The Balaban J connectivity index is 2.17. The number of halogens is 1. The highest BCUT2D eigenvalue weighted by molar-refractivity contribution is 5.76. The predicted octanol–water partition coefficient (Wildman–Crippen LogP) is 3.92. The number of rotatable bonds is 6. The smallest absolute Gasteiger partial charge is 0.161 e. The van der Waals surface area contributed by atoms with E-state index in [1.54, 1.807) is 24.3 Å². The average molecular weight is 288 g/mol. The third-order valence-corrected chi connectivity index (χ3v) is 3.09. The van der Waals surface area contributed by atoms with Crippen molar-refractivity contribution in [2.45, 2.75) is 20.5 Å². The van der Waals surface area contributed by atoms with E-state index >= 15 is 0 Å². The Labute approximate surface area is 123 Å². The molecular weight excluding hydrogens is 271 g/mol. The quantitative estimate of drug-likeness (QED) is 0.756. The van der Waals surface area contributed by atoms with Crippen molar-refractivity contribution in [3.05, 3.63) is 58.9 Å². The maximum Gasteiger partial charge on any atom is 0.161 e. The Morgan fingerprint density at radius 1 is 1.10 bits per heavy atom. The molecule has 0 unspecified atom stereocenters. The predicted molar refractivity (Wildman–Crippen MR) is 78.5 cm³/mol. The number of aldehydes is 1. The summed E-state index contributed by atoms with van der Waals surface area (Å²) in [5.41, 5.74) is 2.26. The summed E-state index contributed by atoms with van der Waals surface area (Å²) in [4.78, 5) is 10.8. The lowest BCUT2D eigenvalue weighted by molar-refractivity contribution is 0.112. The number of carbonyl (C=O) groups is 1. The Hall–Kier alpha value is -2.36. The van der Waals surface area contributed by atoms with Crippen molar-refractivity contribution < 1.29 is 18.7 Å². The number of ether oxygens (including phenoxy) is 2. The van der Waals surface area contributed by atoms with Crippen LogP contribution in [0.2, 0.25) is 0 Å². The monoisotopic (exact) mass is 288 g/mol. The highest BCUT2D eigenvalue weighted by Gasteiger charge is 2.08. The molecule has 110 valence electrons. The maximum absolute atomic E-state index is 13.1. The zero-order valence-electron chi connectivity index (χ0n) is 12.1. The summed E-state index contributed by atoms with van der Waals surface area (Å²) in [5, 5.41) is 0. The Kier molecular flexibility index (Phi) is 4.93. The molecule has 4 heteroatoms. The summed E-state index contributed by atoms with van der Waals surface area (Å²) in [6.45, 7) is 4.49.